The summed E-state index contributed by atoms with van der Waals surface area (Å²) in [4.78, 5) is 36.5. The molecule has 2 aromatic rings. The van der Waals surface area contributed by atoms with Crippen molar-refractivity contribution >= 4 is 45.1 Å². The van der Waals surface area contributed by atoms with Crippen LogP contribution >= 0.6 is 11.8 Å². The van der Waals surface area contributed by atoms with Crippen LogP contribution in [0.3, 0.4) is 0 Å². The fraction of sp³-hybridized carbons (Fsp3) is 0.150. The van der Waals surface area contributed by atoms with E-state index in [1.807, 2.05) is 0 Å². The van der Waals surface area contributed by atoms with Gasteiger partial charge in [-0.25, -0.2) is 0 Å². The van der Waals surface area contributed by atoms with Gasteiger partial charge in [0.1, 0.15) is 22.9 Å². The van der Waals surface area contributed by atoms with Crippen LogP contribution in [0.15, 0.2) is 58.3 Å². The van der Waals surface area contributed by atoms with E-state index < -0.39 is 33.8 Å². The van der Waals surface area contributed by atoms with Crippen LogP contribution in [0, 0.1) is 0 Å². The molecular weight excluding hydrogens is 446 g/mol. The van der Waals surface area contributed by atoms with Crippen molar-refractivity contribution in [1.82, 2.24) is 4.90 Å². The van der Waals surface area contributed by atoms with Gasteiger partial charge in [-0.1, -0.05) is 12.1 Å². The quantitative estimate of drug-likeness (QED) is 0.347. The van der Waals surface area contributed by atoms with Crippen molar-refractivity contribution in [3.05, 3.63) is 59.0 Å². The molecule has 0 bridgehead atoms. The molecule has 3 rings (SSSR count). The SMILES string of the molecule is COC(=O)CN1C(=O)S/C(=C\c2ccc(OS(=O)(=O)c3ccc(OC)cc3)cc2)C1=O. The number of esters is 1. The van der Waals surface area contributed by atoms with Gasteiger partial charge < -0.3 is 13.7 Å². The molecule has 1 aliphatic rings. The van der Waals surface area contributed by atoms with E-state index in [0.29, 0.717) is 23.1 Å². The van der Waals surface area contributed by atoms with Crippen molar-refractivity contribution in [1.29, 1.82) is 0 Å². The molecule has 1 aliphatic heterocycles. The maximum Gasteiger partial charge on any atom is 0.339 e. The van der Waals surface area contributed by atoms with Crippen molar-refractivity contribution in [3.63, 3.8) is 0 Å². The molecule has 1 fully saturated rings. The molecule has 1 saturated heterocycles. The molecule has 0 radical (unpaired) electrons. The van der Waals surface area contributed by atoms with E-state index in [-0.39, 0.29) is 15.6 Å². The highest BCUT2D eigenvalue weighted by Crippen LogP contribution is 2.32. The number of amides is 2. The molecule has 0 spiro atoms. The van der Waals surface area contributed by atoms with Gasteiger partial charge in [-0.3, -0.25) is 19.3 Å². The topological polar surface area (TPSA) is 116 Å². The first kappa shape index (κ1) is 22.4. The lowest BCUT2D eigenvalue weighted by molar-refractivity contribution is -0.143. The molecule has 31 heavy (non-hydrogen) atoms. The van der Waals surface area contributed by atoms with Crippen LogP contribution in [0.2, 0.25) is 0 Å². The van der Waals surface area contributed by atoms with E-state index in [1.165, 1.54) is 61.7 Å². The molecule has 0 saturated carbocycles. The van der Waals surface area contributed by atoms with Crippen LogP contribution < -0.4 is 8.92 Å². The number of carbonyl (C=O) groups is 3. The Labute approximate surface area is 182 Å². The lowest BCUT2D eigenvalue weighted by Crippen LogP contribution is -2.34. The second kappa shape index (κ2) is 9.23. The monoisotopic (exact) mass is 463 g/mol. The van der Waals surface area contributed by atoms with Gasteiger partial charge in [0.2, 0.25) is 0 Å². The average molecular weight is 463 g/mol. The average Bonchev–Trinajstić information content (AvgIpc) is 3.02. The van der Waals surface area contributed by atoms with Gasteiger partial charge in [0.15, 0.2) is 0 Å². The molecule has 9 nitrogen and oxygen atoms in total. The van der Waals surface area contributed by atoms with Crippen molar-refractivity contribution in [2.75, 3.05) is 20.8 Å². The second-order valence-electron chi connectivity index (χ2n) is 6.13. The molecular formula is C20H17NO8S2. The number of nitrogens with zero attached hydrogens (tertiary/aromatic N) is 1. The summed E-state index contributed by atoms with van der Waals surface area (Å²) in [6.45, 7) is -0.464. The zero-order valence-electron chi connectivity index (χ0n) is 16.4. The smallest absolute Gasteiger partial charge is 0.339 e. The summed E-state index contributed by atoms with van der Waals surface area (Å²) in [5.74, 6) is -0.725. The highest BCUT2D eigenvalue weighted by molar-refractivity contribution is 8.18. The molecule has 11 heteroatoms. The first-order valence-corrected chi connectivity index (χ1v) is 11.0. The van der Waals surface area contributed by atoms with Gasteiger partial charge in [-0.2, -0.15) is 8.42 Å². The van der Waals surface area contributed by atoms with Gasteiger partial charge >= 0.3 is 16.1 Å². The van der Waals surface area contributed by atoms with Gasteiger partial charge in [0.05, 0.1) is 19.1 Å². The third kappa shape index (κ3) is 5.25. The third-order valence-corrected chi connectivity index (χ3v) is 6.29. The maximum atomic E-state index is 12.4. The Bertz CT molecular complexity index is 1140. The summed E-state index contributed by atoms with van der Waals surface area (Å²) in [5, 5.41) is -0.577. The Balaban J connectivity index is 1.72. The van der Waals surface area contributed by atoms with Gasteiger partial charge in [0.25, 0.3) is 11.1 Å². The zero-order chi connectivity index (χ0) is 22.6. The molecule has 0 N–H and O–H groups in total. The largest absolute Gasteiger partial charge is 0.497 e. The molecule has 2 aromatic carbocycles. The number of carbonyl (C=O) groups excluding carboxylic acids is 3. The minimum Gasteiger partial charge on any atom is -0.497 e. The number of hydrogen-bond acceptors (Lipinski definition) is 9. The first-order valence-electron chi connectivity index (χ1n) is 8.74. The molecule has 0 atom stereocenters. The minimum atomic E-state index is -4.04. The molecule has 1 heterocycles. The summed E-state index contributed by atoms with van der Waals surface area (Å²) in [7, 11) is -1.40. The molecule has 162 valence electrons. The summed E-state index contributed by atoms with van der Waals surface area (Å²) in [6.07, 6.45) is 1.46. The van der Waals surface area contributed by atoms with Gasteiger partial charge in [-0.15, -0.1) is 0 Å². The Morgan fingerprint density at radius 2 is 1.61 bits per heavy atom. The van der Waals surface area contributed by atoms with Crippen LogP contribution in [0.5, 0.6) is 11.5 Å². The zero-order valence-corrected chi connectivity index (χ0v) is 18.1. The van der Waals surface area contributed by atoms with E-state index >= 15 is 0 Å². The Kier molecular flexibility index (Phi) is 6.66. The van der Waals surface area contributed by atoms with E-state index in [0.717, 1.165) is 12.0 Å². The van der Waals surface area contributed by atoms with Crippen LogP contribution in [0.1, 0.15) is 5.56 Å². The highest BCUT2D eigenvalue weighted by atomic mass is 32.2. The van der Waals surface area contributed by atoms with Crippen molar-refractivity contribution in [2.45, 2.75) is 4.90 Å². The van der Waals surface area contributed by atoms with E-state index in [1.54, 1.807) is 0 Å². The molecule has 0 aromatic heterocycles. The number of ether oxygens (including phenoxy) is 2. The summed E-state index contributed by atoms with van der Waals surface area (Å²) in [5.41, 5.74) is 0.540. The van der Waals surface area contributed by atoms with Crippen molar-refractivity contribution < 1.29 is 36.5 Å². The van der Waals surface area contributed by atoms with E-state index in [2.05, 4.69) is 4.74 Å². The lowest BCUT2D eigenvalue weighted by Gasteiger charge is -2.09. The van der Waals surface area contributed by atoms with Crippen LogP contribution in [-0.2, 0) is 24.4 Å². The predicted molar refractivity (Wildman–Crippen MR) is 112 cm³/mol. The molecule has 0 unspecified atom stereocenters. The van der Waals surface area contributed by atoms with E-state index in [4.69, 9.17) is 8.92 Å². The van der Waals surface area contributed by atoms with Crippen molar-refractivity contribution in [2.24, 2.45) is 0 Å². The third-order valence-electron chi connectivity index (χ3n) is 4.12. The minimum absolute atomic E-state index is 0.0309. The first-order chi connectivity index (χ1) is 14.7. The summed E-state index contributed by atoms with van der Waals surface area (Å²) in [6, 6.07) is 11.7. The Morgan fingerprint density at radius 3 is 2.19 bits per heavy atom. The Hall–Kier alpha value is -3.31. The van der Waals surface area contributed by atoms with E-state index in [9.17, 15) is 22.8 Å². The number of hydrogen-bond donors (Lipinski definition) is 0. The highest BCUT2D eigenvalue weighted by Gasteiger charge is 2.36. The number of thioether (sulfide) groups is 1. The number of rotatable bonds is 7. The number of imide groups is 1. The fourth-order valence-electron chi connectivity index (χ4n) is 2.52. The second-order valence-corrected chi connectivity index (χ2v) is 8.67. The van der Waals surface area contributed by atoms with Crippen LogP contribution in [0.25, 0.3) is 6.08 Å². The van der Waals surface area contributed by atoms with Crippen LogP contribution in [0.4, 0.5) is 4.79 Å². The maximum absolute atomic E-state index is 12.4. The lowest BCUT2D eigenvalue weighted by atomic mass is 10.2. The summed E-state index contributed by atoms with van der Waals surface area (Å²) < 4.78 is 39.4. The van der Waals surface area contributed by atoms with Gasteiger partial charge in [-0.05, 0) is 59.8 Å². The number of methoxy groups -OCH3 is 2. The standard InChI is InChI=1S/C20H17NO8S2/c1-27-14-7-9-16(10-8-14)31(25,26)29-15-5-3-13(4-6-15)11-17-19(23)21(20(24)30-17)12-18(22)28-2/h3-11H,12H2,1-2H3/b17-11-. The van der Waals surface area contributed by atoms with Crippen LogP contribution in [-0.4, -0.2) is 51.2 Å². The molecule has 2 amide bonds. The summed E-state index contributed by atoms with van der Waals surface area (Å²) >= 11 is 0.697. The van der Waals surface area contributed by atoms with Crippen molar-refractivity contribution in [3.8, 4) is 11.5 Å². The van der Waals surface area contributed by atoms with Gasteiger partial charge in [0, 0.05) is 0 Å². The normalized spacial score (nSPS) is 15.3. The molecule has 0 aliphatic carbocycles. The number of benzene rings is 2. The fourth-order valence-corrected chi connectivity index (χ4v) is 4.29. The Morgan fingerprint density at radius 1 is 1.00 bits per heavy atom. The predicted octanol–water partition coefficient (Wildman–Crippen LogP) is 2.67.